The molecule has 0 saturated heterocycles. The molecular weight excluding hydrogens is 321 g/mol. The van der Waals surface area contributed by atoms with Crippen molar-refractivity contribution >= 4 is 17.4 Å². The Kier molecular flexibility index (Phi) is 4.53. The highest BCUT2D eigenvalue weighted by Crippen LogP contribution is 2.19. The Morgan fingerprint density at radius 1 is 1.28 bits per heavy atom. The van der Waals surface area contributed by atoms with Gasteiger partial charge in [-0.1, -0.05) is 17.7 Å². The van der Waals surface area contributed by atoms with E-state index in [4.69, 9.17) is 6.57 Å². The Labute approximate surface area is 143 Å². The summed E-state index contributed by atoms with van der Waals surface area (Å²) in [6.45, 7) is 6.98. The number of aromatic nitrogens is 3. The molecule has 0 radical (unpaired) electrons. The van der Waals surface area contributed by atoms with Crippen LogP contribution in [0, 0.1) is 12.4 Å². The van der Waals surface area contributed by atoms with E-state index in [1.54, 1.807) is 48.4 Å². The Morgan fingerprint density at radius 2 is 2.12 bits per heavy atom. The molecule has 0 aliphatic rings. The number of amides is 1. The lowest BCUT2D eigenvalue weighted by atomic mass is 10.1. The molecule has 2 aromatic heterocycles. The zero-order valence-corrected chi connectivity index (χ0v) is 13.4. The van der Waals surface area contributed by atoms with Crippen molar-refractivity contribution < 1.29 is 9.18 Å². The second-order valence-corrected chi connectivity index (χ2v) is 5.49. The third kappa shape index (κ3) is 4.06. The normalized spacial score (nSPS) is 10.3. The molecule has 1 aromatic carbocycles. The van der Waals surface area contributed by atoms with E-state index >= 15 is 0 Å². The molecule has 0 aliphatic carbocycles. The van der Waals surface area contributed by atoms with Crippen molar-refractivity contribution in [1.82, 2.24) is 14.8 Å². The summed E-state index contributed by atoms with van der Waals surface area (Å²) in [5.74, 6) is -0.371. The summed E-state index contributed by atoms with van der Waals surface area (Å²) in [4.78, 5) is 19.5. The minimum Gasteiger partial charge on any atom is -0.305 e. The number of pyridine rings is 1. The van der Waals surface area contributed by atoms with Crippen LogP contribution in [-0.4, -0.2) is 20.7 Å². The number of anilines is 1. The molecule has 0 saturated carbocycles. The fourth-order valence-corrected chi connectivity index (χ4v) is 2.36. The monoisotopic (exact) mass is 335 g/mol. The lowest BCUT2D eigenvalue weighted by Crippen LogP contribution is -2.14. The number of aryl methyl sites for hydroxylation is 1. The summed E-state index contributed by atoms with van der Waals surface area (Å²) >= 11 is 0. The summed E-state index contributed by atoms with van der Waals surface area (Å²) in [5, 5.41) is 6.69. The minimum atomic E-state index is -0.435. The maximum absolute atomic E-state index is 13.5. The molecular formula is C18H14FN5O. The van der Waals surface area contributed by atoms with Crippen LogP contribution in [0.25, 0.3) is 4.85 Å². The predicted octanol–water partition coefficient (Wildman–Crippen LogP) is 3.35. The fraction of sp³-hybridized carbons (Fsp3) is 0.111. The van der Waals surface area contributed by atoms with Crippen molar-refractivity contribution in [3.8, 4) is 0 Å². The van der Waals surface area contributed by atoms with Crippen LogP contribution in [0.2, 0.25) is 0 Å². The second-order valence-electron chi connectivity index (χ2n) is 5.49. The van der Waals surface area contributed by atoms with E-state index in [1.165, 1.54) is 12.1 Å². The number of rotatable bonds is 4. The molecule has 124 valence electrons. The van der Waals surface area contributed by atoms with Gasteiger partial charge in [0.05, 0.1) is 6.57 Å². The summed E-state index contributed by atoms with van der Waals surface area (Å²) in [7, 11) is 1.73. The molecule has 7 heteroatoms. The smallest absolute Gasteiger partial charge is 0.277 e. The van der Waals surface area contributed by atoms with Gasteiger partial charge in [-0.3, -0.25) is 9.48 Å². The number of hydrogen-bond acceptors (Lipinski definition) is 3. The number of nitrogens with one attached hydrogen (secondary N) is 1. The van der Waals surface area contributed by atoms with Crippen LogP contribution in [0.4, 0.5) is 15.9 Å². The largest absolute Gasteiger partial charge is 0.305 e. The number of nitrogens with zero attached hydrogens (tertiary/aromatic N) is 4. The summed E-state index contributed by atoms with van der Waals surface area (Å²) in [6, 6.07) is 9.32. The van der Waals surface area contributed by atoms with Gasteiger partial charge in [-0.15, -0.1) is 0 Å². The van der Waals surface area contributed by atoms with Crippen LogP contribution in [0.5, 0.6) is 0 Å². The number of carbonyl (C=O) groups excluding carboxylic acids is 1. The number of carbonyl (C=O) groups is 1. The van der Waals surface area contributed by atoms with E-state index in [-0.39, 0.29) is 11.6 Å². The first-order valence-corrected chi connectivity index (χ1v) is 7.46. The van der Waals surface area contributed by atoms with Crippen molar-refractivity contribution in [3.63, 3.8) is 0 Å². The van der Waals surface area contributed by atoms with Gasteiger partial charge in [0.15, 0.2) is 11.4 Å². The van der Waals surface area contributed by atoms with Crippen LogP contribution in [0.1, 0.15) is 21.6 Å². The zero-order valence-electron chi connectivity index (χ0n) is 13.4. The molecule has 0 bridgehead atoms. The maximum atomic E-state index is 13.5. The van der Waals surface area contributed by atoms with Crippen molar-refractivity contribution in [1.29, 1.82) is 0 Å². The van der Waals surface area contributed by atoms with E-state index in [0.717, 1.165) is 5.56 Å². The summed E-state index contributed by atoms with van der Waals surface area (Å²) in [6.07, 6.45) is 3.74. The average molecular weight is 335 g/mol. The van der Waals surface area contributed by atoms with Gasteiger partial charge in [-0.2, -0.15) is 5.10 Å². The van der Waals surface area contributed by atoms with Crippen LogP contribution in [0.3, 0.4) is 0 Å². The third-order valence-corrected chi connectivity index (χ3v) is 3.49. The Bertz CT molecular complexity index is 956. The molecule has 0 aliphatic heterocycles. The van der Waals surface area contributed by atoms with Crippen LogP contribution >= 0.6 is 0 Å². The predicted molar refractivity (Wildman–Crippen MR) is 90.9 cm³/mol. The van der Waals surface area contributed by atoms with Crippen LogP contribution in [0.15, 0.2) is 48.8 Å². The zero-order chi connectivity index (χ0) is 17.8. The molecule has 2 heterocycles. The topological polar surface area (TPSA) is 64.2 Å². The molecule has 3 rings (SSSR count). The molecule has 6 nitrogen and oxygen atoms in total. The highest BCUT2D eigenvalue weighted by molar-refractivity contribution is 6.02. The van der Waals surface area contributed by atoms with Gasteiger partial charge in [-0.25, -0.2) is 14.2 Å². The van der Waals surface area contributed by atoms with Crippen molar-refractivity contribution in [2.45, 2.75) is 6.42 Å². The first kappa shape index (κ1) is 16.3. The second kappa shape index (κ2) is 6.93. The molecule has 0 spiro atoms. The maximum Gasteiger partial charge on any atom is 0.277 e. The van der Waals surface area contributed by atoms with Gasteiger partial charge in [0.2, 0.25) is 0 Å². The molecule has 3 aromatic rings. The number of benzene rings is 1. The van der Waals surface area contributed by atoms with Gasteiger partial charge in [0.1, 0.15) is 11.6 Å². The Morgan fingerprint density at radius 3 is 2.76 bits per heavy atom. The van der Waals surface area contributed by atoms with Crippen LogP contribution < -0.4 is 5.32 Å². The van der Waals surface area contributed by atoms with E-state index in [2.05, 4.69) is 20.2 Å². The van der Waals surface area contributed by atoms with Gasteiger partial charge >= 0.3 is 0 Å². The van der Waals surface area contributed by atoms with E-state index in [9.17, 15) is 9.18 Å². The minimum absolute atomic E-state index is 0.266. The SMILES string of the molecule is [C-]#[N+]c1cc(F)cc(Cc2ccc(NC(=O)c3ccn(C)n3)nc2)c1. The van der Waals surface area contributed by atoms with Gasteiger partial charge < -0.3 is 5.32 Å². The Balaban J connectivity index is 1.69. The first-order valence-electron chi connectivity index (χ1n) is 7.46. The molecule has 0 atom stereocenters. The summed E-state index contributed by atoms with van der Waals surface area (Å²) < 4.78 is 15.0. The average Bonchev–Trinajstić information content (AvgIpc) is 3.03. The van der Waals surface area contributed by atoms with Gasteiger partial charge in [0.25, 0.3) is 5.91 Å². The molecule has 0 unspecified atom stereocenters. The lowest BCUT2D eigenvalue weighted by molar-refractivity contribution is 0.102. The third-order valence-electron chi connectivity index (χ3n) is 3.49. The van der Waals surface area contributed by atoms with Crippen molar-refractivity contribution in [3.05, 3.63) is 82.8 Å². The molecule has 1 N–H and O–H groups in total. The molecule has 25 heavy (non-hydrogen) atoms. The Hall–Kier alpha value is -3.53. The van der Waals surface area contributed by atoms with Crippen molar-refractivity contribution in [2.75, 3.05) is 5.32 Å². The highest BCUT2D eigenvalue weighted by Gasteiger charge is 2.10. The lowest BCUT2D eigenvalue weighted by Gasteiger charge is -2.06. The first-order chi connectivity index (χ1) is 12.0. The molecule has 1 amide bonds. The van der Waals surface area contributed by atoms with Crippen molar-refractivity contribution in [2.24, 2.45) is 7.05 Å². The highest BCUT2D eigenvalue weighted by atomic mass is 19.1. The van der Waals surface area contributed by atoms with Gasteiger partial charge in [-0.05, 0) is 36.2 Å². The quantitative estimate of drug-likeness (QED) is 0.744. The van der Waals surface area contributed by atoms with Crippen LogP contribution in [-0.2, 0) is 13.5 Å². The van der Waals surface area contributed by atoms with E-state index < -0.39 is 5.82 Å². The fourth-order valence-electron chi connectivity index (χ4n) is 2.36. The standard InChI is InChI=1S/C18H14FN5O/c1-20-15-9-13(8-14(19)10-15)7-12-3-4-17(21-11-12)22-18(25)16-5-6-24(2)23-16/h3-6,8-11H,7H2,2H3,(H,21,22,25). The van der Waals surface area contributed by atoms with Gasteiger partial charge in [0, 0.05) is 19.4 Å². The summed E-state index contributed by atoms with van der Waals surface area (Å²) in [5.41, 5.74) is 2.11. The van der Waals surface area contributed by atoms with E-state index in [0.29, 0.717) is 23.5 Å². The molecule has 0 fully saturated rings. The number of halogens is 1. The van der Waals surface area contributed by atoms with E-state index in [1.807, 2.05) is 0 Å². The number of hydrogen-bond donors (Lipinski definition) is 1.